The number of hydrogen-bond donors (Lipinski definition) is 1. The van der Waals surface area contributed by atoms with Crippen molar-refractivity contribution in [3.8, 4) is 0 Å². The minimum absolute atomic E-state index is 0.00103. The second-order valence-electron chi connectivity index (χ2n) is 7.59. The predicted octanol–water partition coefficient (Wildman–Crippen LogP) is -0.167. The summed E-state index contributed by atoms with van der Waals surface area (Å²) < 4.78 is 32.8. The Kier molecular flexibility index (Phi) is 4.11. The average molecular weight is 394 g/mol. The molecule has 1 amide bonds. The molecule has 11 heteroatoms. The first kappa shape index (κ1) is 18.1. The molecule has 0 aromatic carbocycles. The van der Waals surface area contributed by atoms with Crippen LogP contribution in [0.2, 0.25) is 0 Å². The maximum Gasteiger partial charge on any atom is 0.271 e. The minimum Gasteiger partial charge on any atom is -0.348 e. The van der Waals surface area contributed by atoms with Crippen LogP contribution in [-0.4, -0.2) is 63.7 Å². The second-order valence-corrected chi connectivity index (χ2v) is 9.57. The molecule has 1 N–H and O–H groups in total. The highest BCUT2D eigenvalue weighted by Gasteiger charge is 2.59. The summed E-state index contributed by atoms with van der Waals surface area (Å²) in [5.41, 5.74) is -0.220. The lowest BCUT2D eigenvalue weighted by Crippen LogP contribution is -2.39. The van der Waals surface area contributed by atoms with Crippen LogP contribution in [0.4, 0.5) is 0 Å². The van der Waals surface area contributed by atoms with Gasteiger partial charge >= 0.3 is 0 Å². The SMILES string of the molecule is Cc1noc([C@]23C[C@H](NC(=O)c4cn(C)cn4)C[C@H]2CN(S(C)(=O)=O)C3)n1. The van der Waals surface area contributed by atoms with Crippen molar-refractivity contribution in [3.63, 3.8) is 0 Å². The van der Waals surface area contributed by atoms with Gasteiger partial charge in [0.05, 0.1) is 18.0 Å². The van der Waals surface area contributed by atoms with E-state index in [9.17, 15) is 13.2 Å². The molecular formula is C16H22N6O4S. The molecule has 10 nitrogen and oxygen atoms in total. The van der Waals surface area contributed by atoms with E-state index in [1.54, 1.807) is 31.1 Å². The fourth-order valence-electron chi connectivity index (χ4n) is 4.31. The number of imidazole rings is 1. The molecule has 3 atom stereocenters. The molecule has 1 aliphatic carbocycles. The molecule has 4 rings (SSSR count). The van der Waals surface area contributed by atoms with Crippen LogP contribution in [0.25, 0.3) is 0 Å². The minimum atomic E-state index is -3.32. The predicted molar refractivity (Wildman–Crippen MR) is 94.3 cm³/mol. The fraction of sp³-hybridized carbons (Fsp3) is 0.625. The van der Waals surface area contributed by atoms with Crippen LogP contribution in [0.5, 0.6) is 0 Å². The Labute approximate surface area is 157 Å². The summed E-state index contributed by atoms with van der Waals surface area (Å²) in [7, 11) is -1.52. The third kappa shape index (κ3) is 3.14. The van der Waals surface area contributed by atoms with E-state index in [0.717, 1.165) is 0 Å². The van der Waals surface area contributed by atoms with Gasteiger partial charge in [0.2, 0.25) is 15.9 Å². The zero-order valence-electron chi connectivity index (χ0n) is 15.4. The first-order valence-corrected chi connectivity index (χ1v) is 10.6. The van der Waals surface area contributed by atoms with Crippen molar-refractivity contribution in [2.45, 2.75) is 31.2 Å². The van der Waals surface area contributed by atoms with Gasteiger partial charge < -0.3 is 14.4 Å². The molecule has 2 aromatic rings. The summed E-state index contributed by atoms with van der Waals surface area (Å²) in [6, 6.07) is -0.113. The molecule has 2 aromatic heterocycles. The molecule has 1 aliphatic heterocycles. The standard InChI is InChI=1S/C16H22N6O4S/c1-10-18-15(26-20-10)16-5-12(19-14(23)13-7-21(2)9-17-13)4-11(16)6-22(8-16)27(3,24)25/h7,9,11-12H,4-6,8H2,1-3H3,(H,19,23)/t11-,12+,16-/m0/s1. The van der Waals surface area contributed by atoms with Gasteiger partial charge in [0.15, 0.2) is 5.82 Å². The largest absolute Gasteiger partial charge is 0.348 e. The summed E-state index contributed by atoms with van der Waals surface area (Å²) in [6.45, 7) is 2.40. The van der Waals surface area contributed by atoms with Gasteiger partial charge in [0.25, 0.3) is 5.91 Å². The average Bonchev–Trinajstić information content (AvgIpc) is 3.29. The third-order valence-corrected chi connectivity index (χ3v) is 6.76. The Morgan fingerprint density at radius 2 is 2.22 bits per heavy atom. The topological polar surface area (TPSA) is 123 Å². The van der Waals surface area contributed by atoms with Crippen molar-refractivity contribution in [3.05, 3.63) is 29.9 Å². The smallest absolute Gasteiger partial charge is 0.271 e. The highest BCUT2D eigenvalue weighted by atomic mass is 32.2. The van der Waals surface area contributed by atoms with E-state index in [-0.39, 0.29) is 24.4 Å². The fourth-order valence-corrected chi connectivity index (χ4v) is 5.22. The zero-order chi connectivity index (χ0) is 19.4. The summed E-state index contributed by atoms with van der Waals surface area (Å²) in [6.07, 6.45) is 5.63. The molecule has 27 heavy (non-hydrogen) atoms. The number of aryl methyl sites for hydroxylation is 2. The van der Waals surface area contributed by atoms with Gasteiger partial charge in [-0.2, -0.15) is 4.98 Å². The van der Waals surface area contributed by atoms with Gasteiger partial charge in [-0.1, -0.05) is 5.16 Å². The van der Waals surface area contributed by atoms with Crippen LogP contribution in [0, 0.1) is 12.8 Å². The number of carbonyl (C=O) groups excluding carboxylic acids is 1. The normalized spacial score (nSPS) is 28.4. The highest BCUT2D eigenvalue weighted by Crippen LogP contribution is 2.50. The van der Waals surface area contributed by atoms with Crippen LogP contribution < -0.4 is 5.32 Å². The number of amides is 1. The van der Waals surface area contributed by atoms with E-state index in [1.807, 2.05) is 0 Å². The summed E-state index contributed by atoms with van der Waals surface area (Å²) in [5, 5.41) is 6.91. The van der Waals surface area contributed by atoms with Crippen LogP contribution in [0.1, 0.15) is 35.0 Å². The van der Waals surface area contributed by atoms with Gasteiger partial charge in [0.1, 0.15) is 5.69 Å². The molecule has 0 radical (unpaired) electrons. The zero-order valence-corrected chi connectivity index (χ0v) is 16.2. The molecule has 2 fully saturated rings. The van der Waals surface area contributed by atoms with Gasteiger partial charge in [0, 0.05) is 32.4 Å². The van der Waals surface area contributed by atoms with Crippen molar-refractivity contribution in [1.82, 2.24) is 29.3 Å². The van der Waals surface area contributed by atoms with Gasteiger partial charge in [-0.15, -0.1) is 0 Å². The molecule has 0 spiro atoms. The third-order valence-electron chi connectivity index (χ3n) is 5.54. The van der Waals surface area contributed by atoms with Crippen molar-refractivity contribution < 1.29 is 17.7 Å². The van der Waals surface area contributed by atoms with Gasteiger partial charge in [-0.25, -0.2) is 17.7 Å². The van der Waals surface area contributed by atoms with Crippen molar-refractivity contribution in [2.75, 3.05) is 19.3 Å². The molecule has 1 saturated heterocycles. The van der Waals surface area contributed by atoms with E-state index >= 15 is 0 Å². The highest BCUT2D eigenvalue weighted by molar-refractivity contribution is 7.88. The molecule has 1 saturated carbocycles. The maximum atomic E-state index is 12.5. The number of nitrogens with zero attached hydrogens (tertiary/aromatic N) is 5. The Morgan fingerprint density at radius 1 is 1.44 bits per heavy atom. The molecule has 3 heterocycles. The van der Waals surface area contributed by atoms with Crippen molar-refractivity contribution in [2.24, 2.45) is 13.0 Å². The van der Waals surface area contributed by atoms with E-state index < -0.39 is 15.4 Å². The number of rotatable bonds is 4. The van der Waals surface area contributed by atoms with Crippen molar-refractivity contribution >= 4 is 15.9 Å². The van der Waals surface area contributed by atoms with E-state index in [4.69, 9.17) is 4.52 Å². The lowest BCUT2D eigenvalue weighted by atomic mass is 9.80. The molecule has 0 unspecified atom stereocenters. The Balaban J connectivity index is 1.58. The number of sulfonamides is 1. The van der Waals surface area contributed by atoms with Gasteiger partial charge in [-0.3, -0.25) is 4.79 Å². The molecule has 146 valence electrons. The van der Waals surface area contributed by atoms with Crippen LogP contribution >= 0.6 is 0 Å². The number of hydrogen-bond acceptors (Lipinski definition) is 7. The lowest BCUT2D eigenvalue weighted by Gasteiger charge is -2.24. The lowest BCUT2D eigenvalue weighted by molar-refractivity contribution is 0.0930. The molecule has 2 aliphatic rings. The first-order valence-electron chi connectivity index (χ1n) is 8.72. The van der Waals surface area contributed by atoms with Crippen molar-refractivity contribution in [1.29, 1.82) is 0 Å². The summed E-state index contributed by atoms with van der Waals surface area (Å²) in [4.78, 5) is 20.9. The Hall–Kier alpha value is -2.27. The number of nitrogens with one attached hydrogen (secondary N) is 1. The van der Waals surface area contributed by atoms with Crippen LogP contribution in [-0.2, 0) is 22.5 Å². The van der Waals surface area contributed by atoms with E-state index in [1.165, 1.54) is 10.6 Å². The number of aromatic nitrogens is 4. The number of fused-ring (bicyclic) bond motifs is 1. The quantitative estimate of drug-likeness (QED) is 0.764. The molecular weight excluding hydrogens is 372 g/mol. The van der Waals surface area contributed by atoms with E-state index in [0.29, 0.717) is 36.8 Å². The first-order chi connectivity index (χ1) is 12.7. The van der Waals surface area contributed by atoms with Gasteiger partial charge in [-0.05, 0) is 25.7 Å². The summed E-state index contributed by atoms with van der Waals surface area (Å²) >= 11 is 0. The van der Waals surface area contributed by atoms with E-state index in [2.05, 4.69) is 20.4 Å². The second kappa shape index (κ2) is 6.13. The monoisotopic (exact) mass is 394 g/mol. The van der Waals surface area contributed by atoms with Crippen LogP contribution in [0.15, 0.2) is 17.0 Å². The Morgan fingerprint density at radius 3 is 2.81 bits per heavy atom. The molecule has 0 bridgehead atoms. The van der Waals surface area contributed by atoms with Crippen LogP contribution in [0.3, 0.4) is 0 Å². The number of carbonyl (C=O) groups is 1. The Bertz CT molecular complexity index is 983. The summed E-state index contributed by atoms with van der Waals surface area (Å²) in [5.74, 6) is 0.723. The maximum absolute atomic E-state index is 12.5.